The van der Waals surface area contributed by atoms with Crippen LogP contribution in [0, 0.1) is 0 Å². The van der Waals surface area contributed by atoms with Gasteiger partial charge in [0, 0.05) is 63.4 Å². The Hall–Kier alpha value is -1.61. The summed E-state index contributed by atoms with van der Waals surface area (Å²) in [4.78, 5) is 14.3. The summed E-state index contributed by atoms with van der Waals surface area (Å²) in [6, 6.07) is 4.16. The van der Waals surface area contributed by atoms with Crippen LogP contribution in [0.25, 0.3) is 0 Å². The third-order valence-electron chi connectivity index (χ3n) is 6.80. The van der Waals surface area contributed by atoms with Crippen LogP contribution in [0.15, 0.2) is 12.3 Å². The monoisotopic (exact) mass is 492 g/mol. The summed E-state index contributed by atoms with van der Waals surface area (Å²) in [5.74, 6) is 0.992. The molecular weight excluding hydrogens is 440 g/mol. The highest BCUT2D eigenvalue weighted by Gasteiger charge is 2.24. The first-order valence-electron chi connectivity index (χ1n) is 13.5. The number of nitrogens with zero attached hydrogens (tertiary/aromatic N) is 5. The van der Waals surface area contributed by atoms with Gasteiger partial charge in [-0.1, -0.05) is 0 Å². The molecule has 0 bridgehead atoms. The third-order valence-corrected chi connectivity index (χ3v) is 6.80. The second-order valence-corrected chi connectivity index (χ2v) is 10.7. The molecule has 0 atom stereocenters. The maximum absolute atomic E-state index is 6.10. The van der Waals surface area contributed by atoms with Crippen LogP contribution in [0.1, 0.15) is 55.4 Å². The molecule has 8 nitrogen and oxygen atoms in total. The van der Waals surface area contributed by atoms with Crippen molar-refractivity contribution in [1.82, 2.24) is 14.8 Å². The third kappa shape index (κ3) is 9.41. The van der Waals surface area contributed by atoms with Crippen molar-refractivity contribution in [1.29, 1.82) is 0 Å². The van der Waals surface area contributed by atoms with Crippen molar-refractivity contribution in [2.75, 3.05) is 81.2 Å². The molecular formula is C27H52N6O2. The van der Waals surface area contributed by atoms with E-state index in [1.807, 2.05) is 6.07 Å². The minimum Gasteiger partial charge on any atom is -0.397 e. The van der Waals surface area contributed by atoms with E-state index in [2.05, 4.69) is 80.0 Å². The minimum absolute atomic E-state index is 0.529. The number of hydrogen-bond acceptors (Lipinski definition) is 8. The van der Waals surface area contributed by atoms with Crippen molar-refractivity contribution in [2.45, 2.75) is 79.6 Å². The second kappa shape index (κ2) is 14.8. The number of aromatic nitrogens is 1. The number of hydrogen-bond donors (Lipinski definition) is 1. The van der Waals surface area contributed by atoms with Crippen LogP contribution in [0.4, 0.5) is 17.2 Å². The highest BCUT2D eigenvalue weighted by atomic mass is 16.5. The smallest absolute Gasteiger partial charge is 0.152 e. The van der Waals surface area contributed by atoms with Gasteiger partial charge in [0.25, 0.3) is 0 Å². The van der Waals surface area contributed by atoms with Gasteiger partial charge in [0.2, 0.25) is 0 Å². The van der Waals surface area contributed by atoms with Crippen molar-refractivity contribution in [3.63, 3.8) is 0 Å². The van der Waals surface area contributed by atoms with Crippen LogP contribution in [-0.4, -0.2) is 105 Å². The van der Waals surface area contributed by atoms with Crippen molar-refractivity contribution in [2.24, 2.45) is 0 Å². The molecule has 0 unspecified atom stereocenters. The predicted molar refractivity (Wildman–Crippen MR) is 149 cm³/mol. The number of rotatable bonds is 16. The van der Waals surface area contributed by atoms with Crippen LogP contribution < -0.4 is 15.5 Å². The zero-order chi connectivity index (χ0) is 26.0. The Morgan fingerprint density at radius 3 is 1.71 bits per heavy atom. The van der Waals surface area contributed by atoms with Gasteiger partial charge in [-0.05, 0) is 61.5 Å². The molecule has 1 aromatic heterocycles. The van der Waals surface area contributed by atoms with Gasteiger partial charge in [-0.25, -0.2) is 4.98 Å². The van der Waals surface area contributed by atoms with Gasteiger partial charge in [0.15, 0.2) is 5.82 Å². The summed E-state index contributed by atoms with van der Waals surface area (Å²) in [5.41, 5.74) is 7.89. The summed E-state index contributed by atoms with van der Waals surface area (Å²) < 4.78 is 12.0. The Morgan fingerprint density at radius 2 is 1.23 bits per heavy atom. The van der Waals surface area contributed by atoms with Crippen molar-refractivity contribution < 1.29 is 9.47 Å². The minimum atomic E-state index is 0.529. The summed E-state index contributed by atoms with van der Waals surface area (Å²) in [6.07, 6.45) is 1.75. The van der Waals surface area contributed by atoms with Gasteiger partial charge in [0.05, 0.1) is 44.0 Å². The van der Waals surface area contributed by atoms with Crippen LogP contribution in [0.5, 0.6) is 0 Å². The van der Waals surface area contributed by atoms with E-state index in [1.165, 1.54) is 0 Å². The molecule has 1 aliphatic heterocycles. The molecule has 0 saturated heterocycles. The second-order valence-electron chi connectivity index (χ2n) is 10.7. The van der Waals surface area contributed by atoms with Gasteiger partial charge < -0.3 is 25.0 Å². The lowest BCUT2D eigenvalue weighted by Gasteiger charge is -2.38. The molecule has 1 aliphatic rings. The fourth-order valence-corrected chi connectivity index (χ4v) is 4.97. The van der Waals surface area contributed by atoms with Gasteiger partial charge in [0.1, 0.15) is 0 Å². The Labute approximate surface area is 214 Å². The molecule has 0 spiro atoms. The fourth-order valence-electron chi connectivity index (χ4n) is 4.97. The van der Waals surface area contributed by atoms with Crippen LogP contribution in [-0.2, 0) is 9.47 Å². The molecule has 1 aromatic rings. The number of fused-ring (bicyclic) bond motifs is 1. The first kappa shape index (κ1) is 29.6. The fraction of sp³-hybridized carbons (Fsp3) is 0.815. The highest BCUT2D eigenvalue weighted by Crippen LogP contribution is 2.32. The molecule has 2 N–H and O–H groups in total. The lowest BCUT2D eigenvalue weighted by atomic mass is 10.2. The van der Waals surface area contributed by atoms with Gasteiger partial charge in [-0.15, -0.1) is 0 Å². The topological polar surface area (TPSA) is 70.3 Å². The first-order chi connectivity index (χ1) is 16.6. The van der Waals surface area contributed by atoms with E-state index in [0.29, 0.717) is 43.1 Å². The number of pyridine rings is 1. The van der Waals surface area contributed by atoms with Gasteiger partial charge in [-0.3, -0.25) is 9.80 Å². The average Bonchev–Trinajstić information content (AvgIpc) is 2.77. The van der Waals surface area contributed by atoms with E-state index in [9.17, 15) is 0 Å². The van der Waals surface area contributed by atoms with Crippen molar-refractivity contribution in [3.05, 3.63) is 12.3 Å². The SMILES string of the molecule is CC(C)N(CCOCCN1CCN(CCOCCN(C(C)C)C(C)C)c2ncc(N)cc21)C(C)C. The molecule has 0 aromatic carbocycles. The predicted octanol–water partition coefficient (Wildman–Crippen LogP) is 3.56. The quantitative estimate of drug-likeness (QED) is 0.351. The van der Waals surface area contributed by atoms with Crippen molar-refractivity contribution >= 4 is 17.2 Å². The van der Waals surface area contributed by atoms with E-state index in [0.717, 1.165) is 64.0 Å². The van der Waals surface area contributed by atoms with E-state index >= 15 is 0 Å². The number of anilines is 3. The Morgan fingerprint density at radius 1 is 0.771 bits per heavy atom. The van der Waals surface area contributed by atoms with Gasteiger partial charge in [-0.2, -0.15) is 0 Å². The maximum Gasteiger partial charge on any atom is 0.152 e. The van der Waals surface area contributed by atoms with Crippen LogP contribution in [0.3, 0.4) is 0 Å². The normalized spacial score (nSPS) is 14.5. The maximum atomic E-state index is 6.10. The molecule has 2 heterocycles. The summed E-state index contributed by atoms with van der Waals surface area (Å²) in [5, 5.41) is 0. The first-order valence-corrected chi connectivity index (χ1v) is 13.5. The lowest BCUT2D eigenvalue weighted by Crippen LogP contribution is -2.44. The largest absolute Gasteiger partial charge is 0.397 e. The summed E-state index contributed by atoms with van der Waals surface area (Å²) >= 11 is 0. The van der Waals surface area contributed by atoms with Gasteiger partial charge >= 0.3 is 0 Å². The molecule has 35 heavy (non-hydrogen) atoms. The van der Waals surface area contributed by atoms with Crippen LogP contribution in [0.2, 0.25) is 0 Å². The van der Waals surface area contributed by atoms with E-state index in [4.69, 9.17) is 15.2 Å². The van der Waals surface area contributed by atoms with Crippen LogP contribution >= 0.6 is 0 Å². The molecule has 8 heteroatoms. The molecule has 0 radical (unpaired) electrons. The Kier molecular flexibility index (Phi) is 12.6. The molecule has 0 aliphatic carbocycles. The molecule has 0 saturated carbocycles. The molecule has 202 valence electrons. The van der Waals surface area contributed by atoms with E-state index in [-0.39, 0.29) is 0 Å². The summed E-state index contributed by atoms with van der Waals surface area (Å²) in [7, 11) is 0. The standard InChI is InChI=1S/C27H52N6O2/c1-21(2)32(22(3)4)13-17-34-15-11-30-9-10-31(27-26(30)19-25(28)20-29-27)12-16-35-18-14-33(23(5)6)24(7)8/h19-24H,9-18,28H2,1-8H3. The van der Waals surface area contributed by atoms with E-state index < -0.39 is 0 Å². The number of nitrogens with two attached hydrogens (primary N) is 1. The summed E-state index contributed by atoms with van der Waals surface area (Å²) in [6.45, 7) is 26.3. The lowest BCUT2D eigenvalue weighted by molar-refractivity contribution is 0.0807. The Balaban J connectivity index is 1.82. The zero-order valence-corrected chi connectivity index (χ0v) is 23.7. The molecule has 2 rings (SSSR count). The number of nitrogen functional groups attached to an aromatic ring is 1. The molecule has 0 amide bonds. The van der Waals surface area contributed by atoms with Crippen molar-refractivity contribution in [3.8, 4) is 0 Å². The zero-order valence-electron chi connectivity index (χ0n) is 23.7. The average molecular weight is 493 g/mol. The highest BCUT2D eigenvalue weighted by molar-refractivity contribution is 5.72. The van der Waals surface area contributed by atoms with E-state index in [1.54, 1.807) is 6.20 Å². The number of ether oxygens (including phenoxy) is 2. The molecule has 0 fully saturated rings. The Bertz CT molecular complexity index is 712.